The van der Waals surface area contributed by atoms with Gasteiger partial charge in [-0.05, 0) is 64.2 Å². The number of aliphatic hydroxyl groups is 2. The van der Waals surface area contributed by atoms with Crippen molar-refractivity contribution < 1.29 is 24.5 Å². The molecular weight excluding hydrogens is 995 g/mol. The van der Waals surface area contributed by atoms with Gasteiger partial charge in [0.1, 0.15) is 0 Å². The first-order valence-corrected chi connectivity index (χ1v) is 36.8. The predicted octanol–water partition coefficient (Wildman–Crippen LogP) is 23.9. The zero-order chi connectivity index (χ0) is 58.5. The van der Waals surface area contributed by atoms with Crippen LogP contribution in [0.1, 0.15) is 406 Å². The van der Waals surface area contributed by atoms with E-state index in [9.17, 15) is 19.8 Å². The number of ether oxygens (including phenoxy) is 1. The van der Waals surface area contributed by atoms with Crippen LogP contribution in [-0.4, -0.2) is 47.4 Å². The number of hydrogen-bond donors (Lipinski definition) is 3. The van der Waals surface area contributed by atoms with Crippen LogP contribution in [0.25, 0.3) is 0 Å². The normalized spacial score (nSPS) is 12.7. The van der Waals surface area contributed by atoms with E-state index < -0.39 is 12.1 Å². The molecule has 0 aliphatic rings. The van der Waals surface area contributed by atoms with Gasteiger partial charge in [-0.2, -0.15) is 0 Å². The van der Waals surface area contributed by atoms with Gasteiger partial charge in [0, 0.05) is 12.8 Å². The lowest BCUT2D eigenvalue weighted by Crippen LogP contribution is -2.45. The largest absolute Gasteiger partial charge is 0.466 e. The summed E-state index contributed by atoms with van der Waals surface area (Å²) in [5, 5.41) is 23.2. The van der Waals surface area contributed by atoms with Crippen molar-refractivity contribution in [3.05, 3.63) is 36.5 Å². The summed E-state index contributed by atoms with van der Waals surface area (Å²) in [6.07, 6.45) is 90.9. The maximum atomic E-state index is 12.5. The molecule has 6 nitrogen and oxygen atoms in total. The molecular formula is C75H143NO5. The Hall–Kier alpha value is -1.92. The first-order valence-electron chi connectivity index (χ1n) is 36.8. The van der Waals surface area contributed by atoms with Crippen LogP contribution in [0.2, 0.25) is 0 Å². The van der Waals surface area contributed by atoms with Crippen LogP contribution in [-0.2, 0) is 14.3 Å². The Morgan fingerprint density at radius 1 is 0.346 bits per heavy atom. The van der Waals surface area contributed by atoms with E-state index in [1.807, 2.05) is 6.08 Å². The minimum absolute atomic E-state index is 0.00620. The second-order valence-corrected chi connectivity index (χ2v) is 25.3. The van der Waals surface area contributed by atoms with Gasteiger partial charge in [0.05, 0.1) is 25.4 Å². The van der Waals surface area contributed by atoms with E-state index in [0.29, 0.717) is 19.4 Å². The third-order valence-electron chi connectivity index (χ3n) is 17.2. The molecule has 2 unspecified atom stereocenters. The van der Waals surface area contributed by atoms with Crippen LogP contribution in [0.5, 0.6) is 0 Å². The molecule has 1 amide bonds. The number of rotatable bonds is 69. The average molecular weight is 1140 g/mol. The molecule has 0 radical (unpaired) electrons. The van der Waals surface area contributed by atoms with Crippen molar-refractivity contribution in [2.24, 2.45) is 0 Å². The summed E-state index contributed by atoms with van der Waals surface area (Å²) in [7, 11) is 0. The molecule has 0 aliphatic carbocycles. The first kappa shape index (κ1) is 79.1. The van der Waals surface area contributed by atoms with E-state index >= 15 is 0 Å². The molecule has 0 aromatic carbocycles. The molecule has 81 heavy (non-hydrogen) atoms. The Morgan fingerprint density at radius 2 is 0.617 bits per heavy atom. The van der Waals surface area contributed by atoms with Crippen molar-refractivity contribution in [1.82, 2.24) is 5.32 Å². The summed E-state index contributed by atoms with van der Waals surface area (Å²) in [5.74, 6) is -0.0544. The third-order valence-corrected chi connectivity index (χ3v) is 17.2. The van der Waals surface area contributed by atoms with E-state index in [1.165, 1.54) is 327 Å². The van der Waals surface area contributed by atoms with Crippen molar-refractivity contribution in [3.8, 4) is 0 Å². The number of esters is 1. The van der Waals surface area contributed by atoms with E-state index in [2.05, 4.69) is 43.5 Å². The predicted molar refractivity (Wildman–Crippen MR) is 356 cm³/mol. The van der Waals surface area contributed by atoms with Gasteiger partial charge in [0.25, 0.3) is 0 Å². The van der Waals surface area contributed by atoms with Crippen molar-refractivity contribution in [3.63, 3.8) is 0 Å². The SMILES string of the molecule is CCCCC/C=C\C/C=C\CCCCCCCC(=O)OCCCCCCCCCCCCCCCCCCCCCCCCCCCCCCCCC(=O)NC(CO)C(O)/C=C/CCCCCCCCCCCCCCCCCCC. The first-order chi connectivity index (χ1) is 40.0. The van der Waals surface area contributed by atoms with Crippen LogP contribution in [0.15, 0.2) is 36.5 Å². The fourth-order valence-electron chi connectivity index (χ4n) is 11.6. The smallest absolute Gasteiger partial charge is 0.305 e. The maximum absolute atomic E-state index is 12.5. The number of carbonyl (C=O) groups excluding carboxylic acids is 2. The summed E-state index contributed by atoms with van der Waals surface area (Å²) in [4.78, 5) is 24.6. The van der Waals surface area contributed by atoms with E-state index in [1.54, 1.807) is 6.08 Å². The topological polar surface area (TPSA) is 95.9 Å². The molecule has 0 rings (SSSR count). The average Bonchev–Trinajstić information content (AvgIpc) is 3.47. The monoisotopic (exact) mass is 1140 g/mol. The molecule has 0 fully saturated rings. The molecule has 6 heteroatoms. The number of unbranched alkanes of at least 4 members (excludes halogenated alkanes) is 54. The molecule has 3 N–H and O–H groups in total. The summed E-state index contributed by atoms with van der Waals surface area (Å²) in [5.41, 5.74) is 0. The van der Waals surface area contributed by atoms with Crippen molar-refractivity contribution >= 4 is 11.9 Å². The minimum atomic E-state index is -0.843. The highest BCUT2D eigenvalue weighted by molar-refractivity contribution is 5.76. The fraction of sp³-hybridized carbons (Fsp3) is 0.893. The maximum Gasteiger partial charge on any atom is 0.305 e. The second-order valence-electron chi connectivity index (χ2n) is 25.3. The van der Waals surface area contributed by atoms with Crippen LogP contribution in [0.4, 0.5) is 0 Å². The number of allylic oxidation sites excluding steroid dienone is 5. The summed E-state index contributed by atoms with van der Waals surface area (Å²) < 4.78 is 5.49. The van der Waals surface area contributed by atoms with Crippen LogP contribution in [0, 0.1) is 0 Å². The van der Waals surface area contributed by atoms with Gasteiger partial charge in [0.2, 0.25) is 5.91 Å². The zero-order valence-electron chi connectivity index (χ0n) is 54.8. The number of hydrogen-bond acceptors (Lipinski definition) is 5. The lowest BCUT2D eigenvalue weighted by Gasteiger charge is -2.20. The zero-order valence-corrected chi connectivity index (χ0v) is 54.8. The van der Waals surface area contributed by atoms with Crippen LogP contribution in [0.3, 0.4) is 0 Å². The van der Waals surface area contributed by atoms with Gasteiger partial charge in [-0.15, -0.1) is 0 Å². The molecule has 0 aromatic heterocycles. The summed E-state index contributed by atoms with van der Waals surface area (Å²) >= 11 is 0. The highest BCUT2D eigenvalue weighted by Gasteiger charge is 2.18. The Balaban J connectivity index is 3.36. The summed E-state index contributed by atoms with van der Waals surface area (Å²) in [6, 6.07) is -0.626. The standard InChI is InChI=1S/C75H143NO5/c1-3-5-7-9-11-13-15-17-19-20-33-36-40-43-47-51-55-59-63-67-73(78)72(71-77)76-74(79)68-64-60-56-52-48-44-41-37-34-31-29-27-25-23-21-22-24-26-28-30-32-35-38-42-46-50-54-58-62-66-70-81-75(80)69-65-61-57-53-49-45-39-18-16-14-12-10-8-6-4-2/h12,14,18,39,63,67,72-73,77-78H,3-11,13,15-17,19-38,40-62,64-66,68-71H2,1-2H3,(H,76,79)/b14-12-,39-18-,67-63+. The van der Waals surface area contributed by atoms with Crippen molar-refractivity contribution in [2.75, 3.05) is 13.2 Å². The second kappa shape index (κ2) is 70.6. The third kappa shape index (κ3) is 67.1. The molecule has 0 saturated carbocycles. The van der Waals surface area contributed by atoms with Gasteiger partial charge in [-0.25, -0.2) is 0 Å². The molecule has 478 valence electrons. The highest BCUT2D eigenvalue weighted by atomic mass is 16.5. The molecule has 0 aromatic rings. The summed E-state index contributed by atoms with van der Waals surface area (Å²) in [6.45, 7) is 4.91. The quantitative estimate of drug-likeness (QED) is 0.0320. The van der Waals surface area contributed by atoms with Gasteiger partial charge in [-0.1, -0.05) is 365 Å². The Bertz CT molecular complexity index is 1310. The van der Waals surface area contributed by atoms with E-state index in [4.69, 9.17) is 4.74 Å². The van der Waals surface area contributed by atoms with Gasteiger partial charge in [-0.3, -0.25) is 9.59 Å². The van der Waals surface area contributed by atoms with Crippen LogP contribution < -0.4 is 5.32 Å². The fourth-order valence-corrected chi connectivity index (χ4v) is 11.6. The van der Waals surface area contributed by atoms with Gasteiger partial charge >= 0.3 is 5.97 Å². The molecule has 2 atom stereocenters. The van der Waals surface area contributed by atoms with Gasteiger partial charge < -0.3 is 20.3 Å². The van der Waals surface area contributed by atoms with Crippen molar-refractivity contribution in [2.45, 2.75) is 418 Å². The number of aliphatic hydroxyl groups excluding tert-OH is 2. The lowest BCUT2D eigenvalue weighted by atomic mass is 10.0. The molecule has 0 bridgehead atoms. The number of amides is 1. The van der Waals surface area contributed by atoms with Gasteiger partial charge in [0.15, 0.2) is 0 Å². The van der Waals surface area contributed by atoms with E-state index in [0.717, 1.165) is 51.4 Å². The Kier molecular flexibility index (Phi) is 68.9. The molecule has 0 spiro atoms. The molecule has 0 saturated heterocycles. The number of nitrogens with one attached hydrogen (secondary N) is 1. The van der Waals surface area contributed by atoms with Crippen molar-refractivity contribution in [1.29, 1.82) is 0 Å². The molecule has 0 heterocycles. The Labute approximate surface area is 506 Å². The van der Waals surface area contributed by atoms with E-state index in [-0.39, 0.29) is 18.5 Å². The lowest BCUT2D eigenvalue weighted by molar-refractivity contribution is -0.143. The Morgan fingerprint density at radius 3 is 0.963 bits per heavy atom. The highest BCUT2D eigenvalue weighted by Crippen LogP contribution is 2.19. The molecule has 0 aliphatic heterocycles. The number of carbonyl (C=O) groups is 2. The minimum Gasteiger partial charge on any atom is -0.466 e. The van der Waals surface area contributed by atoms with Crippen LogP contribution >= 0.6 is 0 Å².